The lowest BCUT2D eigenvalue weighted by Gasteiger charge is -2.39. The molecule has 1 aromatic rings. The minimum Gasteiger partial charge on any atom is -0.352 e. The highest BCUT2D eigenvalue weighted by atomic mass is 16.2. The van der Waals surface area contributed by atoms with Crippen LogP contribution in [0.3, 0.4) is 0 Å². The van der Waals surface area contributed by atoms with Gasteiger partial charge in [-0.3, -0.25) is 4.79 Å². The molecule has 3 amide bonds. The van der Waals surface area contributed by atoms with Crippen LogP contribution < -0.4 is 11.1 Å². The summed E-state index contributed by atoms with van der Waals surface area (Å²) in [4.78, 5) is 26.0. The quantitative estimate of drug-likeness (QED) is 0.882. The number of rotatable bonds is 4. The van der Waals surface area contributed by atoms with Crippen molar-refractivity contribution in [1.29, 1.82) is 0 Å². The zero-order chi connectivity index (χ0) is 17.6. The molecule has 5 nitrogen and oxygen atoms in total. The maximum atomic E-state index is 13.0. The number of likely N-dealkylation sites (tertiary alicyclic amines) is 1. The van der Waals surface area contributed by atoms with Crippen LogP contribution >= 0.6 is 0 Å². The van der Waals surface area contributed by atoms with Gasteiger partial charge in [0.1, 0.15) is 0 Å². The summed E-state index contributed by atoms with van der Waals surface area (Å²) in [6, 6.07) is 10.2. The number of hydrogen-bond donors (Lipinski definition) is 2. The van der Waals surface area contributed by atoms with Gasteiger partial charge in [-0.1, -0.05) is 30.3 Å². The predicted octanol–water partition coefficient (Wildman–Crippen LogP) is 3.01. The molecule has 1 heterocycles. The molecule has 1 aliphatic carbocycles. The number of benzene rings is 1. The van der Waals surface area contributed by atoms with Crippen LogP contribution in [0, 0.1) is 5.92 Å². The molecular weight excluding hydrogens is 314 g/mol. The summed E-state index contributed by atoms with van der Waals surface area (Å²) in [6.45, 7) is 1.28. The van der Waals surface area contributed by atoms with Gasteiger partial charge in [0.25, 0.3) is 0 Å². The average molecular weight is 343 g/mol. The zero-order valence-electron chi connectivity index (χ0n) is 14.8. The van der Waals surface area contributed by atoms with Crippen LogP contribution in [0.15, 0.2) is 30.3 Å². The fourth-order valence-electron chi connectivity index (χ4n) is 4.35. The molecule has 1 atom stereocenters. The maximum absolute atomic E-state index is 13.0. The summed E-state index contributed by atoms with van der Waals surface area (Å²) >= 11 is 0. The lowest BCUT2D eigenvalue weighted by molar-refractivity contribution is -0.140. The van der Waals surface area contributed by atoms with E-state index in [4.69, 9.17) is 5.73 Å². The molecule has 2 aliphatic rings. The fraction of sp³-hybridized carbons (Fsp3) is 0.600. The van der Waals surface area contributed by atoms with Gasteiger partial charge in [-0.25, -0.2) is 4.79 Å². The normalized spacial score (nSPS) is 26.9. The monoisotopic (exact) mass is 343 g/mol. The number of nitrogens with one attached hydrogen (secondary N) is 1. The van der Waals surface area contributed by atoms with E-state index >= 15 is 0 Å². The summed E-state index contributed by atoms with van der Waals surface area (Å²) in [5.74, 6) is 0.996. The van der Waals surface area contributed by atoms with E-state index in [2.05, 4.69) is 35.6 Å². The minimum atomic E-state index is -0.513. The Bertz CT molecular complexity index is 582. The van der Waals surface area contributed by atoms with Crippen LogP contribution in [-0.4, -0.2) is 36.0 Å². The van der Waals surface area contributed by atoms with Crippen LogP contribution in [0.1, 0.15) is 56.4 Å². The first-order chi connectivity index (χ1) is 12.1. The summed E-state index contributed by atoms with van der Waals surface area (Å²) in [5, 5.41) is 2.68. The van der Waals surface area contributed by atoms with Gasteiger partial charge in [-0.05, 0) is 56.4 Å². The van der Waals surface area contributed by atoms with Crippen molar-refractivity contribution in [3.63, 3.8) is 0 Å². The van der Waals surface area contributed by atoms with Gasteiger partial charge in [-0.2, -0.15) is 0 Å². The number of primary amides is 1. The Kier molecular flexibility index (Phi) is 5.95. The minimum absolute atomic E-state index is 0.0978. The van der Waals surface area contributed by atoms with Gasteiger partial charge in [-0.15, -0.1) is 0 Å². The molecule has 1 aliphatic heterocycles. The van der Waals surface area contributed by atoms with Crippen LogP contribution in [0.4, 0.5) is 4.79 Å². The molecule has 136 valence electrons. The standard InChI is InChI=1S/C20H29N3O2/c21-20(25)22-14-18-8-4-5-13-23(18)19(24)17-11-9-16(10-12-17)15-6-2-1-3-7-15/h1-3,6-7,16-18H,4-5,8-14H2,(H3,21,22,25). The summed E-state index contributed by atoms with van der Waals surface area (Å²) in [7, 11) is 0. The van der Waals surface area contributed by atoms with Crippen molar-refractivity contribution in [3.8, 4) is 0 Å². The van der Waals surface area contributed by atoms with E-state index < -0.39 is 6.03 Å². The van der Waals surface area contributed by atoms with E-state index in [0.717, 1.165) is 51.5 Å². The van der Waals surface area contributed by atoms with Gasteiger partial charge in [0.05, 0.1) is 0 Å². The molecule has 1 saturated carbocycles. The van der Waals surface area contributed by atoms with Crippen LogP contribution in [-0.2, 0) is 4.79 Å². The second-order valence-corrected chi connectivity index (χ2v) is 7.39. The van der Waals surface area contributed by atoms with Gasteiger partial charge >= 0.3 is 6.03 Å². The van der Waals surface area contributed by atoms with Crippen molar-refractivity contribution < 1.29 is 9.59 Å². The first-order valence-electron chi connectivity index (χ1n) is 9.54. The van der Waals surface area contributed by atoms with Crippen molar-refractivity contribution in [2.75, 3.05) is 13.1 Å². The highest BCUT2D eigenvalue weighted by Gasteiger charge is 2.34. The van der Waals surface area contributed by atoms with Gasteiger partial charge in [0.15, 0.2) is 0 Å². The van der Waals surface area contributed by atoms with Crippen molar-refractivity contribution in [1.82, 2.24) is 10.2 Å². The fourth-order valence-corrected chi connectivity index (χ4v) is 4.35. The molecule has 0 bridgehead atoms. The third-order valence-electron chi connectivity index (χ3n) is 5.77. The Labute approximate surface area is 150 Å². The highest BCUT2D eigenvalue weighted by molar-refractivity contribution is 5.79. The van der Waals surface area contributed by atoms with E-state index in [1.54, 1.807) is 0 Å². The number of hydrogen-bond acceptors (Lipinski definition) is 2. The topological polar surface area (TPSA) is 75.4 Å². The Morgan fingerprint density at radius 1 is 1.04 bits per heavy atom. The van der Waals surface area contributed by atoms with Crippen molar-refractivity contribution in [3.05, 3.63) is 35.9 Å². The summed E-state index contributed by atoms with van der Waals surface area (Å²) < 4.78 is 0. The number of urea groups is 1. The van der Waals surface area contributed by atoms with E-state index in [1.165, 1.54) is 5.56 Å². The lowest BCUT2D eigenvalue weighted by atomic mass is 9.78. The van der Waals surface area contributed by atoms with Gasteiger partial charge in [0, 0.05) is 25.0 Å². The lowest BCUT2D eigenvalue weighted by Crippen LogP contribution is -2.52. The summed E-state index contributed by atoms with van der Waals surface area (Å²) in [6.07, 6.45) is 7.20. The Morgan fingerprint density at radius 3 is 2.44 bits per heavy atom. The molecule has 1 aromatic carbocycles. The molecule has 3 N–H and O–H groups in total. The molecule has 0 spiro atoms. The molecule has 5 heteroatoms. The van der Waals surface area contributed by atoms with Crippen molar-refractivity contribution >= 4 is 11.9 Å². The third kappa shape index (κ3) is 4.53. The number of nitrogens with two attached hydrogens (primary N) is 1. The molecule has 2 fully saturated rings. The van der Waals surface area contributed by atoms with Crippen molar-refractivity contribution in [2.45, 2.75) is 56.9 Å². The van der Waals surface area contributed by atoms with Gasteiger partial charge < -0.3 is 16.0 Å². The smallest absolute Gasteiger partial charge is 0.312 e. The molecule has 1 unspecified atom stereocenters. The third-order valence-corrected chi connectivity index (χ3v) is 5.77. The van der Waals surface area contributed by atoms with Crippen LogP contribution in [0.25, 0.3) is 0 Å². The first-order valence-corrected chi connectivity index (χ1v) is 9.54. The first kappa shape index (κ1) is 17.8. The second-order valence-electron chi connectivity index (χ2n) is 7.39. The largest absolute Gasteiger partial charge is 0.352 e. The Hall–Kier alpha value is -2.04. The zero-order valence-corrected chi connectivity index (χ0v) is 14.8. The van der Waals surface area contributed by atoms with Crippen LogP contribution in [0.2, 0.25) is 0 Å². The maximum Gasteiger partial charge on any atom is 0.312 e. The van der Waals surface area contributed by atoms with Crippen LogP contribution in [0.5, 0.6) is 0 Å². The van der Waals surface area contributed by atoms with Crippen molar-refractivity contribution in [2.24, 2.45) is 11.7 Å². The molecule has 25 heavy (non-hydrogen) atoms. The second kappa shape index (κ2) is 8.37. The summed E-state index contributed by atoms with van der Waals surface area (Å²) in [5.41, 5.74) is 6.59. The number of amides is 3. The van der Waals surface area contributed by atoms with Gasteiger partial charge in [0.2, 0.25) is 5.91 Å². The SMILES string of the molecule is NC(=O)NCC1CCCCN1C(=O)C1CCC(c2ccccc2)CC1. The van der Waals surface area contributed by atoms with E-state index in [-0.39, 0.29) is 17.9 Å². The average Bonchev–Trinajstić information content (AvgIpc) is 2.67. The number of carbonyl (C=O) groups is 2. The van der Waals surface area contributed by atoms with E-state index in [1.807, 2.05) is 4.90 Å². The van der Waals surface area contributed by atoms with E-state index in [0.29, 0.717) is 12.5 Å². The molecule has 0 radical (unpaired) electrons. The number of piperidine rings is 1. The predicted molar refractivity (Wildman–Crippen MR) is 98.1 cm³/mol. The Morgan fingerprint density at radius 2 is 1.76 bits per heavy atom. The molecule has 3 rings (SSSR count). The Balaban J connectivity index is 1.56. The highest BCUT2D eigenvalue weighted by Crippen LogP contribution is 2.37. The number of carbonyl (C=O) groups excluding carboxylic acids is 2. The van der Waals surface area contributed by atoms with E-state index in [9.17, 15) is 9.59 Å². The molecular formula is C20H29N3O2. The molecule has 0 aromatic heterocycles. The number of nitrogens with zero attached hydrogens (tertiary/aromatic N) is 1. The molecule has 1 saturated heterocycles.